The highest BCUT2D eigenvalue weighted by molar-refractivity contribution is 5.78. The van der Waals surface area contributed by atoms with Gasteiger partial charge in [0.05, 0.1) is 12.8 Å². The summed E-state index contributed by atoms with van der Waals surface area (Å²) in [4.78, 5) is 14.3. The number of rotatable bonds is 5. The van der Waals surface area contributed by atoms with Gasteiger partial charge in [-0.05, 0) is 37.1 Å². The lowest BCUT2D eigenvalue weighted by molar-refractivity contribution is -0.125. The molecule has 0 radical (unpaired) electrons. The van der Waals surface area contributed by atoms with Crippen molar-refractivity contribution in [2.24, 2.45) is 5.92 Å². The van der Waals surface area contributed by atoms with Crippen LogP contribution in [0.25, 0.3) is 11.5 Å². The van der Waals surface area contributed by atoms with Crippen LogP contribution in [0.15, 0.2) is 57.6 Å². The molecule has 1 N–H and O–H groups in total. The van der Waals surface area contributed by atoms with Gasteiger partial charge in [-0.15, -0.1) is 5.10 Å². The predicted octanol–water partition coefficient (Wildman–Crippen LogP) is 2.86. The van der Waals surface area contributed by atoms with E-state index in [1.54, 1.807) is 6.26 Å². The maximum Gasteiger partial charge on any atom is 0.318 e. The van der Waals surface area contributed by atoms with Crippen LogP contribution in [0, 0.1) is 5.92 Å². The predicted molar refractivity (Wildman–Crippen MR) is 95.2 cm³/mol. The van der Waals surface area contributed by atoms with E-state index in [2.05, 4.69) is 15.5 Å². The van der Waals surface area contributed by atoms with Crippen molar-refractivity contribution in [3.8, 4) is 11.5 Å². The Bertz CT molecular complexity index is 837. The molecule has 1 aromatic carbocycles. The van der Waals surface area contributed by atoms with Gasteiger partial charge < -0.3 is 19.1 Å². The average molecular weight is 352 g/mol. The monoisotopic (exact) mass is 352 g/mol. The molecular formula is C19H20N4O3. The fourth-order valence-electron chi connectivity index (χ4n) is 3.11. The Balaban J connectivity index is 1.31. The van der Waals surface area contributed by atoms with Gasteiger partial charge in [-0.1, -0.05) is 23.3 Å². The summed E-state index contributed by atoms with van der Waals surface area (Å²) >= 11 is 0. The molecule has 1 aliphatic heterocycles. The molecule has 2 aromatic heterocycles. The minimum Gasteiger partial charge on any atom is -0.467 e. The Hall–Kier alpha value is -3.09. The second kappa shape index (κ2) is 7.43. The van der Waals surface area contributed by atoms with Crippen LogP contribution in [0.4, 0.5) is 6.01 Å². The molecule has 1 amide bonds. The number of hydrogen-bond donors (Lipinski definition) is 1. The van der Waals surface area contributed by atoms with Crippen LogP contribution in [0.3, 0.4) is 0 Å². The van der Waals surface area contributed by atoms with E-state index in [1.165, 1.54) is 0 Å². The van der Waals surface area contributed by atoms with Crippen molar-refractivity contribution >= 4 is 11.9 Å². The van der Waals surface area contributed by atoms with E-state index in [0.717, 1.165) is 37.3 Å². The largest absolute Gasteiger partial charge is 0.467 e. The molecule has 1 fully saturated rings. The minimum atomic E-state index is -0.00210. The van der Waals surface area contributed by atoms with Crippen LogP contribution in [0.1, 0.15) is 18.6 Å². The zero-order valence-corrected chi connectivity index (χ0v) is 14.3. The highest BCUT2D eigenvalue weighted by Crippen LogP contribution is 2.25. The van der Waals surface area contributed by atoms with E-state index in [4.69, 9.17) is 8.83 Å². The molecule has 4 rings (SSSR count). The SMILES string of the molecule is O=C(NCc1ccco1)C1CCN(c2nnc(-c3ccccc3)o2)CC1. The summed E-state index contributed by atoms with van der Waals surface area (Å²) in [5.74, 6) is 1.34. The second-order valence-corrected chi connectivity index (χ2v) is 6.31. The van der Waals surface area contributed by atoms with E-state index in [0.29, 0.717) is 18.5 Å². The molecule has 0 bridgehead atoms. The number of nitrogens with one attached hydrogen (secondary N) is 1. The van der Waals surface area contributed by atoms with Gasteiger partial charge in [-0.25, -0.2) is 0 Å². The summed E-state index contributed by atoms with van der Waals surface area (Å²) in [5.41, 5.74) is 0.901. The van der Waals surface area contributed by atoms with Crippen LogP contribution in [0.5, 0.6) is 0 Å². The third-order valence-electron chi connectivity index (χ3n) is 4.59. The number of carbonyl (C=O) groups excluding carboxylic acids is 1. The van der Waals surface area contributed by atoms with Gasteiger partial charge in [-0.3, -0.25) is 4.79 Å². The molecule has 7 nitrogen and oxygen atoms in total. The van der Waals surface area contributed by atoms with Crippen LogP contribution >= 0.6 is 0 Å². The first-order chi connectivity index (χ1) is 12.8. The zero-order valence-electron chi connectivity index (χ0n) is 14.3. The fourth-order valence-corrected chi connectivity index (χ4v) is 3.11. The minimum absolute atomic E-state index is 0.00210. The van der Waals surface area contributed by atoms with Gasteiger partial charge in [0, 0.05) is 24.6 Å². The van der Waals surface area contributed by atoms with Gasteiger partial charge in [0.2, 0.25) is 11.8 Å². The van der Waals surface area contributed by atoms with E-state index in [9.17, 15) is 4.79 Å². The molecule has 1 saturated heterocycles. The van der Waals surface area contributed by atoms with Crippen LogP contribution < -0.4 is 10.2 Å². The average Bonchev–Trinajstić information content (AvgIpc) is 3.39. The van der Waals surface area contributed by atoms with Crippen molar-refractivity contribution in [1.82, 2.24) is 15.5 Å². The first kappa shape index (κ1) is 16.4. The lowest BCUT2D eigenvalue weighted by atomic mass is 9.96. The third-order valence-corrected chi connectivity index (χ3v) is 4.59. The van der Waals surface area contributed by atoms with Crippen molar-refractivity contribution in [1.29, 1.82) is 0 Å². The molecule has 1 aliphatic rings. The summed E-state index contributed by atoms with van der Waals surface area (Å²) in [6.45, 7) is 1.86. The molecule has 0 unspecified atom stereocenters. The molecule has 7 heteroatoms. The molecule has 3 aromatic rings. The maximum atomic E-state index is 12.3. The van der Waals surface area contributed by atoms with Gasteiger partial charge in [0.15, 0.2) is 0 Å². The normalized spacial score (nSPS) is 15.2. The molecule has 134 valence electrons. The third kappa shape index (κ3) is 3.61. The zero-order chi connectivity index (χ0) is 17.8. The van der Waals surface area contributed by atoms with E-state index in [-0.39, 0.29) is 11.8 Å². The first-order valence-electron chi connectivity index (χ1n) is 8.73. The van der Waals surface area contributed by atoms with E-state index >= 15 is 0 Å². The lowest BCUT2D eigenvalue weighted by Gasteiger charge is -2.29. The summed E-state index contributed by atoms with van der Waals surface area (Å²) in [6.07, 6.45) is 3.12. The summed E-state index contributed by atoms with van der Waals surface area (Å²) in [6, 6.07) is 13.9. The molecule has 26 heavy (non-hydrogen) atoms. The molecule has 0 spiro atoms. The van der Waals surface area contributed by atoms with Gasteiger partial charge in [-0.2, -0.15) is 0 Å². The molecule has 0 saturated carbocycles. The van der Waals surface area contributed by atoms with Crippen LogP contribution in [-0.2, 0) is 11.3 Å². The Morgan fingerprint density at radius 1 is 1.12 bits per heavy atom. The van der Waals surface area contributed by atoms with Crippen LogP contribution in [0.2, 0.25) is 0 Å². The second-order valence-electron chi connectivity index (χ2n) is 6.31. The Morgan fingerprint density at radius 2 is 1.92 bits per heavy atom. The standard InChI is InChI=1S/C19H20N4O3/c24-17(20-13-16-7-4-12-25-16)14-8-10-23(11-9-14)19-22-21-18(26-19)15-5-2-1-3-6-15/h1-7,12,14H,8-11,13H2,(H,20,24). The number of piperidine rings is 1. The van der Waals surface area contributed by atoms with Crippen molar-refractivity contribution in [3.05, 3.63) is 54.5 Å². The molecular weight excluding hydrogens is 332 g/mol. The van der Waals surface area contributed by atoms with Crippen LogP contribution in [-0.4, -0.2) is 29.2 Å². The molecule has 3 heterocycles. The number of nitrogens with zero attached hydrogens (tertiary/aromatic N) is 3. The summed E-state index contributed by atoms with van der Waals surface area (Å²) < 4.78 is 11.0. The number of amides is 1. The summed E-state index contributed by atoms with van der Waals surface area (Å²) in [5, 5.41) is 11.2. The van der Waals surface area contributed by atoms with Crippen molar-refractivity contribution in [2.75, 3.05) is 18.0 Å². The Morgan fingerprint density at radius 3 is 2.65 bits per heavy atom. The number of anilines is 1. The lowest BCUT2D eigenvalue weighted by Crippen LogP contribution is -2.40. The van der Waals surface area contributed by atoms with Crippen molar-refractivity contribution in [2.45, 2.75) is 19.4 Å². The highest BCUT2D eigenvalue weighted by Gasteiger charge is 2.27. The summed E-state index contributed by atoms with van der Waals surface area (Å²) in [7, 11) is 0. The fraction of sp³-hybridized carbons (Fsp3) is 0.316. The number of carbonyl (C=O) groups is 1. The maximum absolute atomic E-state index is 12.3. The topological polar surface area (TPSA) is 84.4 Å². The number of benzene rings is 1. The molecule has 0 atom stereocenters. The van der Waals surface area contributed by atoms with Crippen molar-refractivity contribution < 1.29 is 13.6 Å². The highest BCUT2D eigenvalue weighted by atomic mass is 16.4. The first-order valence-corrected chi connectivity index (χ1v) is 8.73. The van der Waals surface area contributed by atoms with E-state index < -0.39 is 0 Å². The molecule has 0 aliphatic carbocycles. The Kier molecular flexibility index (Phi) is 4.68. The van der Waals surface area contributed by atoms with Gasteiger partial charge in [0.25, 0.3) is 0 Å². The van der Waals surface area contributed by atoms with Crippen molar-refractivity contribution in [3.63, 3.8) is 0 Å². The Labute approximate surface area is 151 Å². The van der Waals surface area contributed by atoms with Gasteiger partial charge in [0.1, 0.15) is 5.76 Å². The number of aromatic nitrogens is 2. The quantitative estimate of drug-likeness (QED) is 0.760. The van der Waals surface area contributed by atoms with E-state index in [1.807, 2.05) is 47.4 Å². The smallest absolute Gasteiger partial charge is 0.318 e. The number of furan rings is 1. The van der Waals surface area contributed by atoms with Gasteiger partial charge >= 0.3 is 6.01 Å². The number of hydrogen-bond acceptors (Lipinski definition) is 6.